The first-order chi connectivity index (χ1) is 8.58. The lowest BCUT2D eigenvalue weighted by Gasteiger charge is -2.16. The molecule has 1 fully saturated rings. The molecule has 0 radical (unpaired) electrons. The van der Waals surface area contributed by atoms with Crippen molar-refractivity contribution >= 4 is 11.9 Å². The van der Waals surface area contributed by atoms with E-state index in [-0.39, 0.29) is 18.4 Å². The summed E-state index contributed by atoms with van der Waals surface area (Å²) >= 11 is 0. The Bertz CT molecular complexity index is 294. The van der Waals surface area contributed by atoms with Crippen LogP contribution in [-0.2, 0) is 14.3 Å². The predicted octanol–water partition coefficient (Wildman–Crippen LogP) is 0.143. The maximum Gasteiger partial charge on any atom is 0.332 e. The van der Waals surface area contributed by atoms with E-state index < -0.39 is 18.2 Å². The van der Waals surface area contributed by atoms with Gasteiger partial charge in [-0.3, -0.25) is 4.79 Å². The first-order valence-corrected chi connectivity index (χ1v) is 6.35. The van der Waals surface area contributed by atoms with E-state index in [1.54, 1.807) is 0 Å². The molecule has 6 nitrogen and oxygen atoms in total. The number of carboxylic acids is 1. The number of aliphatic hydroxyl groups is 1. The van der Waals surface area contributed by atoms with Crippen LogP contribution in [0.2, 0.25) is 0 Å². The van der Waals surface area contributed by atoms with Crippen molar-refractivity contribution in [1.29, 1.82) is 0 Å². The summed E-state index contributed by atoms with van der Waals surface area (Å²) in [4.78, 5) is 22.4. The molecule has 6 heteroatoms. The Morgan fingerprint density at radius 2 is 2.06 bits per heavy atom. The molecule has 0 spiro atoms. The highest BCUT2D eigenvalue weighted by Gasteiger charge is 2.34. The summed E-state index contributed by atoms with van der Waals surface area (Å²) in [5, 5.41) is 20.3. The van der Waals surface area contributed by atoms with Gasteiger partial charge in [-0.25, -0.2) is 4.79 Å². The third-order valence-corrected chi connectivity index (χ3v) is 3.27. The molecule has 0 aromatic carbocycles. The van der Waals surface area contributed by atoms with E-state index >= 15 is 0 Å². The zero-order valence-electron chi connectivity index (χ0n) is 10.6. The molecule has 1 amide bonds. The number of amides is 1. The third-order valence-electron chi connectivity index (χ3n) is 3.27. The van der Waals surface area contributed by atoms with Crippen LogP contribution in [0.4, 0.5) is 0 Å². The van der Waals surface area contributed by atoms with Crippen molar-refractivity contribution in [3.05, 3.63) is 0 Å². The number of hydrogen-bond donors (Lipinski definition) is 3. The van der Waals surface area contributed by atoms with Gasteiger partial charge in [-0.1, -0.05) is 13.3 Å². The van der Waals surface area contributed by atoms with Crippen LogP contribution >= 0.6 is 0 Å². The normalized spacial score (nSPS) is 24.8. The molecule has 0 bridgehead atoms. The molecule has 1 aliphatic rings. The quantitative estimate of drug-likeness (QED) is 0.604. The summed E-state index contributed by atoms with van der Waals surface area (Å²) in [6, 6.07) is 0. The zero-order chi connectivity index (χ0) is 13.5. The van der Waals surface area contributed by atoms with Gasteiger partial charge < -0.3 is 20.3 Å². The maximum atomic E-state index is 11.7. The van der Waals surface area contributed by atoms with Crippen LogP contribution in [0, 0.1) is 5.92 Å². The van der Waals surface area contributed by atoms with Crippen LogP contribution in [-0.4, -0.2) is 47.4 Å². The van der Waals surface area contributed by atoms with Gasteiger partial charge in [-0.05, 0) is 25.2 Å². The standard InChI is InChI=1S/C12H21NO5/c1-2-8(5-6-14)7-13-11(15)9-3-4-10(18-9)12(16)17/h8-10,14H,2-7H2,1H3,(H,13,15)(H,16,17). The van der Waals surface area contributed by atoms with Gasteiger partial charge in [0.05, 0.1) is 0 Å². The van der Waals surface area contributed by atoms with Crippen LogP contribution in [0.3, 0.4) is 0 Å². The fourth-order valence-electron chi connectivity index (χ4n) is 2.00. The minimum absolute atomic E-state index is 0.107. The lowest BCUT2D eigenvalue weighted by molar-refractivity contribution is -0.151. The van der Waals surface area contributed by atoms with Gasteiger partial charge in [0.1, 0.15) is 6.10 Å². The lowest BCUT2D eigenvalue weighted by atomic mass is 10.0. The largest absolute Gasteiger partial charge is 0.479 e. The SMILES string of the molecule is CCC(CCO)CNC(=O)C1CCC(C(=O)O)O1. The number of carbonyl (C=O) groups excluding carboxylic acids is 1. The highest BCUT2D eigenvalue weighted by Crippen LogP contribution is 2.20. The van der Waals surface area contributed by atoms with Crippen LogP contribution < -0.4 is 5.32 Å². The molecule has 0 saturated carbocycles. The number of hydrogen-bond acceptors (Lipinski definition) is 4. The van der Waals surface area contributed by atoms with E-state index in [4.69, 9.17) is 14.9 Å². The molecule has 3 atom stereocenters. The fourth-order valence-corrected chi connectivity index (χ4v) is 2.00. The summed E-state index contributed by atoms with van der Waals surface area (Å²) in [6.45, 7) is 2.60. The predicted molar refractivity (Wildman–Crippen MR) is 64.0 cm³/mol. The molecule has 0 aromatic rings. The number of aliphatic hydroxyl groups excluding tert-OH is 1. The minimum atomic E-state index is -1.02. The Hall–Kier alpha value is -1.14. The Morgan fingerprint density at radius 1 is 1.39 bits per heavy atom. The molecule has 1 aliphatic heterocycles. The topological polar surface area (TPSA) is 95.9 Å². The smallest absolute Gasteiger partial charge is 0.332 e. The molecular formula is C12H21NO5. The fraction of sp³-hybridized carbons (Fsp3) is 0.833. The number of carboxylic acid groups (broad SMARTS) is 1. The van der Waals surface area contributed by atoms with Crippen molar-refractivity contribution in [3.63, 3.8) is 0 Å². The molecule has 104 valence electrons. The van der Waals surface area contributed by atoms with E-state index in [1.807, 2.05) is 6.92 Å². The summed E-state index contributed by atoms with van der Waals surface area (Å²) in [5.41, 5.74) is 0. The van der Waals surface area contributed by atoms with Crippen molar-refractivity contribution in [2.75, 3.05) is 13.2 Å². The Kier molecular flexibility index (Phi) is 6.07. The monoisotopic (exact) mass is 259 g/mol. The molecule has 0 aromatic heterocycles. The second-order valence-corrected chi connectivity index (χ2v) is 4.56. The Balaban J connectivity index is 2.31. The number of rotatable bonds is 7. The van der Waals surface area contributed by atoms with Gasteiger partial charge in [-0.15, -0.1) is 0 Å². The van der Waals surface area contributed by atoms with Gasteiger partial charge in [0.2, 0.25) is 5.91 Å². The number of carbonyl (C=O) groups is 2. The van der Waals surface area contributed by atoms with Crippen molar-refractivity contribution in [3.8, 4) is 0 Å². The molecule has 1 saturated heterocycles. The summed E-state index contributed by atoms with van der Waals surface area (Å²) in [6.07, 6.45) is 0.836. The molecule has 1 rings (SSSR count). The first-order valence-electron chi connectivity index (χ1n) is 6.35. The summed E-state index contributed by atoms with van der Waals surface area (Å²) < 4.78 is 5.15. The van der Waals surface area contributed by atoms with Gasteiger partial charge >= 0.3 is 5.97 Å². The molecule has 18 heavy (non-hydrogen) atoms. The average molecular weight is 259 g/mol. The number of aliphatic carboxylic acids is 1. The second-order valence-electron chi connectivity index (χ2n) is 4.56. The lowest BCUT2D eigenvalue weighted by Crippen LogP contribution is -2.38. The van der Waals surface area contributed by atoms with Crippen molar-refractivity contribution in [2.24, 2.45) is 5.92 Å². The van der Waals surface area contributed by atoms with E-state index in [0.29, 0.717) is 25.8 Å². The summed E-state index contributed by atoms with van der Waals surface area (Å²) in [5.74, 6) is -1.03. The Morgan fingerprint density at radius 3 is 2.56 bits per heavy atom. The van der Waals surface area contributed by atoms with E-state index in [9.17, 15) is 9.59 Å². The van der Waals surface area contributed by atoms with Gasteiger partial charge in [0, 0.05) is 13.2 Å². The van der Waals surface area contributed by atoms with Crippen molar-refractivity contribution < 1.29 is 24.5 Å². The molecule has 3 N–H and O–H groups in total. The van der Waals surface area contributed by atoms with Crippen LogP contribution in [0.15, 0.2) is 0 Å². The van der Waals surface area contributed by atoms with Crippen LogP contribution in [0.1, 0.15) is 32.6 Å². The van der Waals surface area contributed by atoms with Crippen molar-refractivity contribution in [2.45, 2.75) is 44.8 Å². The first kappa shape index (κ1) is 14.9. The van der Waals surface area contributed by atoms with Crippen LogP contribution in [0.25, 0.3) is 0 Å². The van der Waals surface area contributed by atoms with Crippen molar-refractivity contribution in [1.82, 2.24) is 5.32 Å². The van der Waals surface area contributed by atoms with E-state index in [2.05, 4.69) is 5.32 Å². The molecular weight excluding hydrogens is 238 g/mol. The molecule has 1 heterocycles. The molecule has 0 aliphatic carbocycles. The molecule has 3 unspecified atom stereocenters. The highest BCUT2D eigenvalue weighted by molar-refractivity contribution is 5.82. The third kappa shape index (κ3) is 4.27. The number of ether oxygens (including phenoxy) is 1. The zero-order valence-corrected chi connectivity index (χ0v) is 10.6. The van der Waals surface area contributed by atoms with Gasteiger partial charge in [-0.2, -0.15) is 0 Å². The maximum absolute atomic E-state index is 11.7. The average Bonchev–Trinajstić information content (AvgIpc) is 2.83. The highest BCUT2D eigenvalue weighted by atomic mass is 16.5. The van der Waals surface area contributed by atoms with Gasteiger partial charge in [0.25, 0.3) is 0 Å². The number of nitrogens with one attached hydrogen (secondary N) is 1. The second kappa shape index (κ2) is 7.33. The van der Waals surface area contributed by atoms with Crippen LogP contribution in [0.5, 0.6) is 0 Å². The minimum Gasteiger partial charge on any atom is -0.479 e. The van der Waals surface area contributed by atoms with Gasteiger partial charge in [0.15, 0.2) is 6.10 Å². The van der Waals surface area contributed by atoms with E-state index in [0.717, 1.165) is 6.42 Å². The van der Waals surface area contributed by atoms with E-state index in [1.165, 1.54) is 0 Å². The Labute approximate surface area is 106 Å². The summed E-state index contributed by atoms with van der Waals surface area (Å²) in [7, 11) is 0.